The molecule has 3 heterocycles. The third kappa shape index (κ3) is 2.22. The van der Waals surface area contributed by atoms with Gasteiger partial charge in [-0.15, -0.1) is 0 Å². The molecule has 1 N–H and O–H groups in total. The standard InChI is InChI=1S/C13H16N4O4/c1-16(10-6-21-7-11(10)20-2)12-8-3-4-15-17(8)9(5-14-12)13(18)19/h3-5,10-11H,6-7H2,1-2H3,(H,18,19)/t10-,11+/m0/s1. The molecule has 0 aliphatic carbocycles. The van der Waals surface area contributed by atoms with E-state index in [0.717, 1.165) is 0 Å². The Morgan fingerprint density at radius 1 is 1.57 bits per heavy atom. The second-order valence-electron chi connectivity index (χ2n) is 4.89. The molecule has 0 saturated carbocycles. The van der Waals surface area contributed by atoms with Gasteiger partial charge >= 0.3 is 5.97 Å². The highest BCUT2D eigenvalue weighted by atomic mass is 16.5. The van der Waals surface area contributed by atoms with Crippen LogP contribution >= 0.6 is 0 Å². The predicted octanol–water partition coefficient (Wildman–Crippen LogP) is 0.278. The molecule has 8 nitrogen and oxygen atoms in total. The number of carboxylic acid groups (broad SMARTS) is 1. The van der Waals surface area contributed by atoms with Gasteiger partial charge in [-0.2, -0.15) is 5.10 Å². The van der Waals surface area contributed by atoms with Crippen LogP contribution in [0.1, 0.15) is 10.5 Å². The van der Waals surface area contributed by atoms with E-state index in [4.69, 9.17) is 14.6 Å². The van der Waals surface area contributed by atoms with Crippen molar-refractivity contribution >= 4 is 17.3 Å². The van der Waals surface area contributed by atoms with Crippen molar-refractivity contribution in [1.29, 1.82) is 0 Å². The summed E-state index contributed by atoms with van der Waals surface area (Å²) in [5.41, 5.74) is 0.664. The Hall–Kier alpha value is -2.19. The number of likely N-dealkylation sites (N-methyl/N-ethyl adjacent to an activating group) is 1. The summed E-state index contributed by atoms with van der Waals surface area (Å²) in [5, 5.41) is 13.2. The molecule has 0 bridgehead atoms. The summed E-state index contributed by atoms with van der Waals surface area (Å²) in [6.45, 7) is 1.08. The van der Waals surface area contributed by atoms with Crippen LogP contribution in [-0.4, -0.2) is 65.2 Å². The lowest BCUT2D eigenvalue weighted by atomic mass is 10.2. The van der Waals surface area contributed by atoms with Gasteiger partial charge in [0.1, 0.15) is 11.6 Å². The van der Waals surface area contributed by atoms with E-state index < -0.39 is 5.97 Å². The summed E-state index contributed by atoms with van der Waals surface area (Å²) < 4.78 is 12.2. The molecule has 112 valence electrons. The maximum atomic E-state index is 11.2. The number of fused-ring (bicyclic) bond motifs is 1. The van der Waals surface area contributed by atoms with Crippen LogP contribution in [0.4, 0.5) is 5.82 Å². The molecular weight excluding hydrogens is 276 g/mol. The topological polar surface area (TPSA) is 89.2 Å². The number of aromatic nitrogens is 3. The van der Waals surface area contributed by atoms with Crippen LogP contribution in [0.3, 0.4) is 0 Å². The number of hydrogen-bond acceptors (Lipinski definition) is 6. The van der Waals surface area contributed by atoms with Crippen molar-refractivity contribution in [3.8, 4) is 0 Å². The zero-order chi connectivity index (χ0) is 15.0. The lowest BCUT2D eigenvalue weighted by molar-refractivity contribution is 0.0686. The van der Waals surface area contributed by atoms with Gasteiger partial charge in [0, 0.05) is 14.2 Å². The summed E-state index contributed by atoms with van der Waals surface area (Å²) in [6, 6.07) is 1.76. The first-order valence-corrected chi connectivity index (χ1v) is 6.53. The molecule has 0 unspecified atom stereocenters. The molecule has 0 radical (unpaired) electrons. The second-order valence-corrected chi connectivity index (χ2v) is 4.89. The van der Waals surface area contributed by atoms with Crippen LogP contribution in [0.15, 0.2) is 18.5 Å². The molecule has 1 aliphatic heterocycles. The second kappa shape index (κ2) is 5.30. The van der Waals surface area contributed by atoms with Crippen molar-refractivity contribution in [1.82, 2.24) is 14.6 Å². The van der Waals surface area contributed by atoms with Crippen LogP contribution in [0, 0.1) is 0 Å². The first kappa shape index (κ1) is 13.8. The van der Waals surface area contributed by atoms with Gasteiger partial charge < -0.3 is 19.5 Å². The molecule has 2 aromatic rings. The predicted molar refractivity (Wildman–Crippen MR) is 73.8 cm³/mol. The van der Waals surface area contributed by atoms with Crippen LogP contribution in [-0.2, 0) is 9.47 Å². The average molecular weight is 292 g/mol. The SMILES string of the molecule is CO[C@@H]1COC[C@@H]1N(C)c1ncc(C(=O)O)n2nccc12. The third-order valence-corrected chi connectivity index (χ3v) is 3.76. The van der Waals surface area contributed by atoms with Crippen LogP contribution in [0.25, 0.3) is 5.52 Å². The highest BCUT2D eigenvalue weighted by Gasteiger charge is 2.33. The molecule has 0 spiro atoms. The Labute approximate surface area is 120 Å². The molecule has 3 rings (SSSR count). The maximum Gasteiger partial charge on any atom is 0.356 e. The Bertz CT molecular complexity index is 671. The van der Waals surface area contributed by atoms with Crippen molar-refractivity contribution < 1.29 is 19.4 Å². The number of hydrogen-bond donors (Lipinski definition) is 1. The van der Waals surface area contributed by atoms with Gasteiger partial charge in [-0.3, -0.25) is 0 Å². The Morgan fingerprint density at radius 2 is 2.38 bits per heavy atom. The monoisotopic (exact) mass is 292 g/mol. The number of anilines is 1. The number of rotatable bonds is 4. The number of methoxy groups -OCH3 is 1. The zero-order valence-electron chi connectivity index (χ0n) is 11.8. The van der Waals surface area contributed by atoms with Crippen molar-refractivity contribution in [3.63, 3.8) is 0 Å². The summed E-state index contributed by atoms with van der Waals surface area (Å²) in [4.78, 5) is 17.4. The highest BCUT2D eigenvalue weighted by molar-refractivity contribution is 5.87. The molecule has 8 heteroatoms. The molecule has 0 aromatic carbocycles. The van der Waals surface area contributed by atoms with E-state index in [1.54, 1.807) is 19.4 Å². The first-order valence-electron chi connectivity index (χ1n) is 6.53. The summed E-state index contributed by atoms with van der Waals surface area (Å²) in [6.07, 6.45) is 2.82. The number of aromatic carboxylic acids is 1. The number of carbonyl (C=O) groups is 1. The molecule has 1 aliphatic rings. The molecular formula is C13H16N4O4. The summed E-state index contributed by atoms with van der Waals surface area (Å²) >= 11 is 0. The highest BCUT2D eigenvalue weighted by Crippen LogP contribution is 2.24. The van der Waals surface area contributed by atoms with Gasteiger partial charge in [-0.05, 0) is 6.07 Å². The van der Waals surface area contributed by atoms with Crippen molar-refractivity contribution in [3.05, 3.63) is 24.2 Å². The molecule has 1 saturated heterocycles. The fourth-order valence-corrected chi connectivity index (χ4v) is 2.59. The first-order chi connectivity index (χ1) is 10.1. The minimum absolute atomic E-state index is 0.0249. The molecule has 1 fully saturated rings. The molecule has 21 heavy (non-hydrogen) atoms. The Morgan fingerprint density at radius 3 is 3.10 bits per heavy atom. The molecule has 2 aromatic heterocycles. The van der Waals surface area contributed by atoms with Crippen LogP contribution < -0.4 is 4.90 Å². The van der Waals surface area contributed by atoms with Gasteiger partial charge in [0.25, 0.3) is 0 Å². The minimum atomic E-state index is -1.07. The molecule has 2 atom stereocenters. The largest absolute Gasteiger partial charge is 0.476 e. The zero-order valence-corrected chi connectivity index (χ0v) is 11.8. The van der Waals surface area contributed by atoms with E-state index in [1.165, 1.54) is 10.7 Å². The third-order valence-electron chi connectivity index (χ3n) is 3.76. The van der Waals surface area contributed by atoms with Crippen molar-refractivity contribution in [2.24, 2.45) is 0 Å². The minimum Gasteiger partial charge on any atom is -0.476 e. The number of nitrogens with zero attached hydrogens (tertiary/aromatic N) is 4. The summed E-state index contributed by atoms with van der Waals surface area (Å²) in [7, 11) is 3.54. The fourth-order valence-electron chi connectivity index (χ4n) is 2.59. The smallest absolute Gasteiger partial charge is 0.356 e. The van der Waals surface area contributed by atoms with E-state index in [1.807, 2.05) is 11.9 Å². The van der Waals surface area contributed by atoms with Gasteiger partial charge in [0.05, 0.1) is 31.6 Å². The Kier molecular flexibility index (Phi) is 3.48. The average Bonchev–Trinajstić information content (AvgIpc) is 3.13. The lowest BCUT2D eigenvalue weighted by Gasteiger charge is -2.28. The fraction of sp³-hybridized carbons (Fsp3) is 0.462. The van der Waals surface area contributed by atoms with E-state index in [2.05, 4.69) is 10.1 Å². The van der Waals surface area contributed by atoms with E-state index in [9.17, 15) is 4.79 Å². The van der Waals surface area contributed by atoms with E-state index in [0.29, 0.717) is 24.5 Å². The van der Waals surface area contributed by atoms with Gasteiger partial charge in [0.15, 0.2) is 11.5 Å². The van der Waals surface area contributed by atoms with Crippen LogP contribution in [0.2, 0.25) is 0 Å². The normalized spacial score (nSPS) is 21.8. The maximum absolute atomic E-state index is 11.2. The number of carboxylic acids is 1. The quantitative estimate of drug-likeness (QED) is 0.865. The van der Waals surface area contributed by atoms with E-state index in [-0.39, 0.29) is 17.8 Å². The van der Waals surface area contributed by atoms with Crippen LogP contribution in [0.5, 0.6) is 0 Å². The Balaban J connectivity index is 2.03. The molecule has 0 amide bonds. The lowest BCUT2D eigenvalue weighted by Crippen LogP contribution is -2.42. The van der Waals surface area contributed by atoms with Gasteiger partial charge in [0.2, 0.25) is 0 Å². The van der Waals surface area contributed by atoms with E-state index >= 15 is 0 Å². The summed E-state index contributed by atoms with van der Waals surface area (Å²) in [5.74, 6) is -0.417. The van der Waals surface area contributed by atoms with Gasteiger partial charge in [-0.25, -0.2) is 14.3 Å². The van der Waals surface area contributed by atoms with Gasteiger partial charge in [-0.1, -0.05) is 0 Å². The van der Waals surface area contributed by atoms with Crippen molar-refractivity contribution in [2.75, 3.05) is 32.3 Å². The number of ether oxygens (including phenoxy) is 2. The van der Waals surface area contributed by atoms with Crippen molar-refractivity contribution in [2.45, 2.75) is 12.1 Å².